The van der Waals surface area contributed by atoms with Gasteiger partial charge in [-0.25, -0.2) is 0 Å². The Kier molecular flexibility index (Phi) is 4.80. The summed E-state index contributed by atoms with van der Waals surface area (Å²) in [4.78, 5) is 0. The Bertz CT molecular complexity index is 407. The summed E-state index contributed by atoms with van der Waals surface area (Å²) < 4.78 is 16.2. The van der Waals surface area contributed by atoms with E-state index in [1.54, 1.807) is 7.11 Å². The molecule has 2 unspecified atom stereocenters. The number of hydrogen-bond acceptors (Lipinski definition) is 4. The van der Waals surface area contributed by atoms with Crippen LogP contribution in [-0.4, -0.2) is 38.1 Å². The second-order valence-corrected chi connectivity index (χ2v) is 5.00. The zero-order chi connectivity index (χ0) is 13.7. The average Bonchev–Trinajstić information content (AvgIpc) is 2.39. The molecule has 1 aliphatic rings. The van der Waals surface area contributed by atoms with Gasteiger partial charge in [0.1, 0.15) is 12.4 Å². The highest BCUT2D eigenvalue weighted by Gasteiger charge is 2.37. The van der Waals surface area contributed by atoms with Gasteiger partial charge in [-0.15, -0.1) is 0 Å². The number of ether oxygens (including phenoxy) is 3. The van der Waals surface area contributed by atoms with Gasteiger partial charge >= 0.3 is 0 Å². The molecule has 1 aliphatic heterocycles. The normalized spacial score (nSPS) is 27.2. The standard InChI is InChI=1S/C15H22O4/c1-12-11-15(16,7-8-18-12)13-5-3-4-6-14(13)19-10-9-17-2/h3-6,12,16H,7-11H2,1-2H3. The molecule has 106 valence electrons. The molecule has 0 saturated carbocycles. The van der Waals surface area contributed by atoms with Gasteiger partial charge in [-0.05, 0) is 13.0 Å². The molecule has 0 aliphatic carbocycles. The molecular formula is C15H22O4. The Labute approximate surface area is 114 Å². The predicted molar refractivity (Wildman–Crippen MR) is 72.4 cm³/mol. The van der Waals surface area contributed by atoms with E-state index in [4.69, 9.17) is 14.2 Å². The average molecular weight is 266 g/mol. The SMILES string of the molecule is COCCOc1ccccc1C1(O)CCOC(C)C1. The van der Waals surface area contributed by atoms with Gasteiger partial charge < -0.3 is 19.3 Å². The minimum absolute atomic E-state index is 0.0609. The van der Waals surface area contributed by atoms with Crippen LogP contribution in [0.15, 0.2) is 24.3 Å². The molecule has 1 heterocycles. The van der Waals surface area contributed by atoms with E-state index >= 15 is 0 Å². The maximum absolute atomic E-state index is 10.9. The molecule has 1 saturated heterocycles. The fraction of sp³-hybridized carbons (Fsp3) is 0.600. The van der Waals surface area contributed by atoms with E-state index in [-0.39, 0.29) is 6.10 Å². The molecule has 1 fully saturated rings. The Hall–Kier alpha value is -1.10. The zero-order valence-electron chi connectivity index (χ0n) is 11.6. The van der Waals surface area contributed by atoms with Crippen molar-refractivity contribution >= 4 is 0 Å². The van der Waals surface area contributed by atoms with Gasteiger partial charge in [-0.3, -0.25) is 0 Å². The molecule has 19 heavy (non-hydrogen) atoms. The first-order valence-corrected chi connectivity index (χ1v) is 6.71. The van der Waals surface area contributed by atoms with E-state index < -0.39 is 5.60 Å². The number of methoxy groups -OCH3 is 1. The van der Waals surface area contributed by atoms with Gasteiger partial charge in [0.15, 0.2) is 0 Å². The van der Waals surface area contributed by atoms with Crippen LogP contribution < -0.4 is 4.74 Å². The molecule has 1 aromatic carbocycles. The lowest BCUT2D eigenvalue weighted by Gasteiger charge is -2.36. The van der Waals surface area contributed by atoms with Crippen molar-refractivity contribution in [1.29, 1.82) is 0 Å². The summed E-state index contributed by atoms with van der Waals surface area (Å²) in [6, 6.07) is 7.66. The number of para-hydroxylation sites is 1. The van der Waals surface area contributed by atoms with Crippen LogP contribution in [-0.2, 0) is 15.1 Å². The van der Waals surface area contributed by atoms with Crippen molar-refractivity contribution in [2.75, 3.05) is 26.9 Å². The Morgan fingerprint density at radius 3 is 2.89 bits per heavy atom. The largest absolute Gasteiger partial charge is 0.491 e. The lowest BCUT2D eigenvalue weighted by molar-refractivity contribution is -0.102. The Morgan fingerprint density at radius 2 is 2.16 bits per heavy atom. The summed E-state index contributed by atoms with van der Waals surface area (Å²) >= 11 is 0. The fourth-order valence-electron chi connectivity index (χ4n) is 2.52. The lowest BCUT2D eigenvalue weighted by atomic mass is 9.83. The van der Waals surface area contributed by atoms with Crippen LogP contribution in [0, 0.1) is 0 Å². The van der Waals surface area contributed by atoms with E-state index in [0.29, 0.717) is 32.7 Å². The summed E-state index contributed by atoms with van der Waals surface area (Å²) in [5.74, 6) is 0.733. The van der Waals surface area contributed by atoms with Gasteiger partial charge in [0.05, 0.1) is 24.9 Å². The summed E-state index contributed by atoms with van der Waals surface area (Å²) in [6.45, 7) is 3.57. The van der Waals surface area contributed by atoms with E-state index in [0.717, 1.165) is 11.3 Å². The highest BCUT2D eigenvalue weighted by Crippen LogP contribution is 2.39. The second kappa shape index (κ2) is 6.37. The van der Waals surface area contributed by atoms with Crippen LogP contribution in [0.2, 0.25) is 0 Å². The fourth-order valence-corrected chi connectivity index (χ4v) is 2.52. The van der Waals surface area contributed by atoms with Crippen molar-refractivity contribution < 1.29 is 19.3 Å². The molecule has 1 N–H and O–H groups in total. The first kappa shape index (κ1) is 14.3. The Balaban J connectivity index is 2.18. The van der Waals surface area contributed by atoms with E-state index in [1.807, 2.05) is 31.2 Å². The zero-order valence-corrected chi connectivity index (χ0v) is 11.6. The third-order valence-electron chi connectivity index (χ3n) is 3.48. The summed E-state index contributed by atoms with van der Waals surface area (Å²) in [6.07, 6.45) is 1.25. The van der Waals surface area contributed by atoms with Crippen molar-refractivity contribution in [3.63, 3.8) is 0 Å². The third kappa shape index (κ3) is 3.47. The molecule has 2 rings (SSSR count). The van der Waals surface area contributed by atoms with Crippen molar-refractivity contribution in [2.45, 2.75) is 31.5 Å². The monoisotopic (exact) mass is 266 g/mol. The highest BCUT2D eigenvalue weighted by atomic mass is 16.5. The van der Waals surface area contributed by atoms with E-state index in [2.05, 4.69) is 0 Å². The van der Waals surface area contributed by atoms with Gasteiger partial charge in [0.25, 0.3) is 0 Å². The molecule has 0 amide bonds. The van der Waals surface area contributed by atoms with E-state index in [1.165, 1.54) is 0 Å². The van der Waals surface area contributed by atoms with Crippen molar-refractivity contribution in [3.8, 4) is 5.75 Å². The van der Waals surface area contributed by atoms with Gasteiger partial charge in [-0.1, -0.05) is 18.2 Å². The third-order valence-corrected chi connectivity index (χ3v) is 3.48. The quantitative estimate of drug-likeness (QED) is 0.829. The van der Waals surface area contributed by atoms with Crippen molar-refractivity contribution in [1.82, 2.24) is 0 Å². The summed E-state index contributed by atoms with van der Waals surface area (Å²) in [7, 11) is 1.64. The molecule has 0 bridgehead atoms. The number of hydrogen-bond donors (Lipinski definition) is 1. The minimum Gasteiger partial charge on any atom is -0.491 e. The first-order chi connectivity index (χ1) is 9.15. The number of benzene rings is 1. The topological polar surface area (TPSA) is 47.9 Å². The first-order valence-electron chi connectivity index (χ1n) is 6.71. The number of aliphatic hydroxyl groups is 1. The van der Waals surface area contributed by atoms with Crippen LogP contribution in [0.1, 0.15) is 25.3 Å². The Morgan fingerprint density at radius 1 is 1.37 bits per heavy atom. The van der Waals surface area contributed by atoms with Crippen LogP contribution in [0.25, 0.3) is 0 Å². The number of rotatable bonds is 5. The maximum Gasteiger partial charge on any atom is 0.125 e. The maximum atomic E-state index is 10.9. The molecule has 0 aromatic heterocycles. The molecule has 0 spiro atoms. The lowest BCUT2D eigenvalue weighted by Crippen LogP contribution is -2.37. The van der Waals surface area contributed by atoms with Crippen LogP contribution >= 0.6 is 0 Å². The van der Waals surface area contributed by atoms with Crippen molar-refractivity contribution in [2.24, 2.45) is 0 Å². The summed E-state index contributed by atoms with van der Waals surface area (Å²) in [5.41, 5.74) is -0.0114. The molecule has 2 atom stereocenters. The highest BCUT2D eigenvalue weighted by molar-refractivity contribution is 5.38. The molecule has 4 heteroatoms. The minimum atomic E-state index is -0.860. The van der Waals surface area contributed by atoms with Crippen LogP contribution in [0.3, 0.4) is 0 Å². The smallest absolute Gasteiger partial charge is 0.125 e. The second-order valence-electron chi connectivity index (χ2n) is 5.00. The molecule has 1 aromatic rings. The van der Waals surface area contributed by atoms with Crippen LogP contribution in [0.5, 0.6) is 5.75 Å². The molecule has 0 radical (unpaired) electrons. The van der Waals surface area contributed by atoms with Crippen LogP contribution in [0.4, 0.5) is 0 Å². The summed E-state index contributed by atoms with van der Waals surface area (Å²) in [5, 5.41) is 10.9. The molecule has 4 nitrogen and oxygen atoms in total. The van der Waals surface area contributed by atoms with Crippen molar-refractivity contribution in [3.05, 3.63) is 29.8 Å². The van der Waals surface area contributed by atoms with Gasteiger partial charge in [0.2, 0.25) is 0 Å². The van der Waals surface area contributed by atoms with Gasteiger partial charge in [0, 0.05) is 25.5 Å². The predicted octanol–water partition coefficient (Wildman–Crippen LogP) is 2.10. The van der Waals surface area contributed by atoms with Gasteiger partial charge in [-0.2, -0.15) is 0 Å². The van der Waals surface area contributed by atoms with E-state index in [9.17, 15) is 5.11 Å². The molecular weight excluding hydrogens is 244 g/mol.